The van der Waals surface area contributed by atoms with Crippen LogP contribution in [0.5, 0.6) is 0 Å². The Hall–Kier alpha value is -2.30. The summed E-state index contributed by atoms with van der Waals surface area (Å²) in [4.78, 5) is 24.6. The smallest absolute Gasteiger partial charge is 0.221 e. The minimum Gasteiger partial charge on any atom is -0.394 e. The first-order chi connectivity index (χ1) is 17.2. The Morgan fingerprint density at radius 2 is 1.50 bits per heavy atom. The molecule has 2 heterocycles. The van der Waals surface area contributed by atoms with Crippen molar-refractivity contribution in [3.05, 3.63) is 0 Å². The van der Waals surface area contributed by atoms with E-state index in [9.17, 15) is 40.2 Å². The summed E-state index contributed by atoms with van der Waals surface area (Å²) < 4.78 is 17.1. The molecule has 13 nitrogen and oxygen atoms in total. The predicted octanol–water partition coefficient (Wildman–Crippen LogP) is -4.53. The molecule has 1 saturated carbocycles. The van der Waals surface area contributed by atoms with Gasteiger partial charge in [0.2, 0.25) is 11.8 Å². The van der Waals surface area contributed by atoms with E-state index in [0.29, 0.717) is 0 Å². The molecule has 3 fully saturated rings. The Balaban J connectivity index is 1.83. The van der Waals surface area contributed by atoms with Gasteiger partial charge in [-0.2, -0.15) is 0 Å². The fraction of sp³-hybridized carbons (Fsp3) is 0.739. The van der Waals surface area contributed by atoms with Crippen LogP contribution in [-0.2, 0) is 23.8 Å². The van der Waals surface area contributed by atoms with E-state index >= 15 is 0 Å². The van der Waals surface area contributed by atoms with Crippen molar-refractivity contribution in [2.24, 2.45) is 0 Å². The number of amides is 2. The normalized spacial score (nSPS) is 41.3. The van der Waals surface area contributed by atoms with Gasteiger partial charge in [-0.25, -0.2) is 0 Å². The van der Waals surface area contributed by atoms with Crippen molar-refractivity contribution >= 4 is 11.8 Å². The van der Waals surface area contributed by atoms with Gasteiger partial charge in [-0.15, -0.1) is 24.7 Å². The minimum absolute atomic E-state index is 0.0703. The molecule has 0 aromatic heterocycles. The molecule has 3 rings (SSSR count). The number of carbonyl (C=O) groups excluding carboxylic acids is 2. The van der Waals surface area contributed by atoms with Crippen LogP contribution in [0.4, 0.5) is 0 Å². The van der Waals surface area contributed by atoms with E-state index in [4.69, 9.17) is 27.1 Å². The van der Waals surface area contributed by atoms with Gasteiger partial charge in [0.15, 0.2) is 6.29 Å². The second-order valence-corrected chi connectivity index (χ2v) is 8.96. The summed E-state index contributed by atoms with van der Waals surface area (Å²) in [5.74, 6) is 3.48. The maximum atomic E-state index is 12.3. The summed E-state index contributed by atoms with van der Waals surface area (Å²) in [6.07, 6.45) is -2.32. The molecule has 0 radical (unpaired) electrons. The summed E-state index contributed by atoms with van der Waals surface area (Å²) in [5.41, 5.74) is -1.66. The first kappa shape index (κ1) is 28.3. The number of carbonyl (C=O) groups is 2. The molecule has 8 N–H and O–H groups in total. The van der Waals surface area contributed by atoms with E-state index in [2.05, 4.69) is 22.5 Å². The second-order valence-electron chi connectivity index (χ2n) is 8.96. The molecule has 200 valence electrons. The number of hydrogen-bond donors (Lipinski definition) is 8. The lowest BCUT2D eigenvalue weighted by Gasteiger charge is -2.46. The van der Waals surface area contributed by atoms with Crippen molar-refractivity contribution in [1.82, 2.24) is 10.6 Å². The molecule has 1 aliphatic carbocycles. The average molecular weight is 513 g/mol. The number of ether oxygens (including phenoxy) is 3. The van der Waals surface area contributed by atoms with Crippen LogP contribution in [-0.4, -0.2) is 122 Å². The number of aliphatic hydroxyl groups is 6. The number of rotatable bonds is 10. The first-order valence-electron chi connectivity index (χ1n) is 11.5. The molecule has 0 aromatic carbocycles. The van der Waals surface area contributed by atoms with Gasteiger partial charge < -0.3 is 55.5 Å². The molecular formula is C23H32N2O11. The summed E-state index contributed by atoms with van der Waals surface area (Å²) in [7, 11) is 0. The van der Waals surface area contributed by atoms with Gasteiger partial charge in [0.05, 0.1) is 13.2 Å². The zero-order chi connectivity index (χ0) is 26.6. The van der Waals surface area contributed by atoms with Crippen LogP contribution in [0.15, 0.2) is 0 Å². The third-order valence-electron chi connectivity index (χ3n) is 6.65. The van der Waals surface area contributed by atoms with Crippen LogP contribution >= 0.6 is 0 Å². The maximum absolute atomic E-state index is 12.3. The van der Waals surface area contributed by atoms with Crippen molar-refractivity contribution in [2.75, 3.05) is 13.2 Å². The summed E-state index contributed by atoms with van der Waals surface area (Å²) in [5, 5.41) is 67.0. The van der Waals surface area contributed by atoms with Crippen LogP contribution < -0.4 is 10.6 Å². The molecule has 2 saturated heterocycles. The highest BCUT2D eigenvalue weighted by atomic mass is 16.7. The largest absolute Gasteiger partial charge is 0.394 e. The maximum Gasteiger partial charge on any atom is 0.221 e. The van der Waals surface area contributed by atoms with Gasteiger partial charge in [-0.3, -0.25) is 9.59 Å². The van der Waals surface area contributed by atoms with Gasteiger partial charge in [-0.1, -0.05) is 0 Å². The molecule has 0 bridgehead atoms. The van der Waals surface area contributed by atoms with Crippen molar-refractivity contribution in [3.63, 3.8) is 0 Å². The summed E-state index contributed by atoms with van der Waals surface area (Å²) >= 11 is 0. The van der Waals surface area contributed by atoms with E-state index in [0.717, 1.165) is 0 Å². The third-order valence-corrected chi connectivity index (χ3v) is 6.65. The van der Waals surface area contributed by atoms with E-state index in [1.54, 1.807) is 0 Å². The highest BCUT2D eigenvalue weighted by Gasteiger charge is 2.76. The van der Waals surface area contributed by atoms with Crippen LogP contribution in [0.1, 0.15) is 25.7 Å². The molecule has 3 aliphatic rings. The number of hydrogen-bond acceptors (Lipinski definition) is 11. The zero-order valence-electron chi connectivity index (χ0n) is 19.4. The standard InChI is InChI=1S/C23H32N2O11/c1-3-5-7-13(28)24-15-17(31)16(30)11(9-26)35-22(15)36-18-12(10-27)34-21-20(33)23(21,19(18)32)25-14(29)8-6-4-2/h1-2,11-12,15-22,26-27,30-33H,5-10H2,(H,24,28)(H,25,29)/t11?,12?,15?,16-,17?,18+,19?,20?,21?,22+,23?/m1/s1. The van der Waals surface area contributed by atoms with Crippen LogP contribution in [0.2, 0.25) is 0 Å². The van der Waals surface area contributed by atoms with Gasteiger partial charge >= 0.3 is 0 Å². The van der Waals surface area contributed by atoms with Crippen LogP contribution in [0, 0.1) is 24.7 Å². The highest BCUT2D eigenvalue weighted by Crippen LogP contribution is 2.49. The highest BCUT2D eigenvalue weighted by molar-refractivity contribution is 5.78. The van der Waals surface area contributed by atoms with Crippen LogP contribution in [0.25, 0.3) is 0 Å². The molecule has 0 spiro atoms. The minimum atomic E-state index is -1.66. The molecular weight excluding hydrogens is 480 g/mol. The zero-order valence-corrected chi connectivity index (χ0v) is 19.4. The van der Waals surface area contributed by atoms with Gasteiger partial charge in [0, 0.05) is 25.7 Å². The Morgan fingerprint density at radius 3 is 2.08 bits per heavy atom. The molecule has 8 unspecified atom stereocenters. The van der Waals surface area contributed by atoms with Crippen molar-refractivity contribution in [1.29, 1.82) is 0 Å². The molecule has 36 heavy (non-hydrogen) atoms. The lowest BCUT2D eigenvalue weighted by Crippen LogP contribution is -2.68. The van der Waals surface area contributed by atoms with E-state index in [1.165, 1.54) is 0 Å². The molecule has 0 aromatic rings. The van der Waals surface area contributed by atoms with E-state index in [1.807, 2.05) is 0 Å². The summed E-state index contributed by atoms with van der Waals surface area (Å²) in [6, 6.07) is -1.37. The van der Waals surface area contributed by atoms with Crippen molar-refractivity contribution in [3.8, 4) is 24.7 Å². The topological polar surface area (TPSA) is 207 Å². The molecule has 2 aliphatic heterocycles. The first-order valence-corrected chi connectivity index (χ1v) is 11.5. The van der Waals surface area contributed by atoms with Crippen LogP contribution in [0.3, 0.4) is 0 Å². The third kappa shape index (κ3) is 5.35. The lowest BCUT2D eigenvalue weighted by molar-refractivity contribution is -0.309. The predicted molar refractivity (Wildman–Crippen MR) is 119 cm³/mol. The Kier molecular flexibility index (Phi) is 9.29. The fourth-order valence-corrected chi connectivity index (χ4v) is 4.60. The molecule has 13 heteroatoms. The Labute approximate surface area is 207 Å². The SMILES string of the molecule is C#CCCC(=O)NC1C(O)[C@H](O)C(CO)O[C@H]1O[C@H]1C(CO)OC2C(O)C2(NC(=O)CCC#C)C1O. The monoisotopic (exact) mass is 512 g/mol. The van der Waals surface area contributed by atoms with Gasteiger partial charge in [0.1, 0.15) is 60.4 Å². The lowest BCUT2D eigenvalue weighted by atomic mass is 9.94. The molecule has 2 amide bonds. The fourth-order valence-electron chi connectivity index (χ4n) is 4.60. The molecule has 11 atom stereocenters. The number of terminal acetylenes is 2. The second kappa shape index (κ2) is 11.8. The quantitative estimate of drug-likeness (QED) is 0.131. The number of fused-ring (bicyclic) bond motifs is 1. The van der Waals surface area contributed by atoms with Gasteiger partial charge in [-0.05, 0) is 0 Å². The van der Waals surface area contributed by atoms with E-state index < -0.39 is 91.7 Å². The summed E-state index contributed by atoms with van der Waals surface area (Å²) in [6.45, 7) is -1.37. The number of aliphatic hydroxyl groups excluding tert-OH is 6. The van der Waals surface area contributed by atoms with E-state index in [-0.39, 0.29) is 25.7 Å². The van der Waals surface area contributed by atoms with Crippen molar-refractivity contribution in [2.45, 2.75) is 92.4 Å². The van der Waals surface area contributed by atoms with Crippen molar-refractivity contribution < 1.29 is 54.4 Å². The average Bonchev–Trinajstić information content (AvgIpc) is 3.44. The Morgan fingerprint density at radius 1 is 0.889 bits per heavy atom. The Bertz CT molecular complexity index is 888. The van der Waals surface area contributed by atoms with Gasteiger partial charge in [0.25, 0.3) is 0 Å². The number of nitrogens with one attached hydrogen (secondary N) is 2.